The van der Waals surface area contributed by atoms with Crippen LogP contribution in [0.5, 0.6) is 0 Å². The summed E-state index contributed by atoms with van der Waals surface area (Å²) in [6, 6.07) is 18.2. The number of rotatable bonds is 2. The average Bonchev–Trinajstić information content (AvgIpc) is 2.85. The van der Waals surface area contributed by atoms with Crippen LogP contribution in [0.25, 0.3) is 0 Å². The van der Waals surface area contributed by atoms with Crippen molar-refractivity contribution in [2.24, 2.45) is 4.99 Å². The summed E-state index contributed by atoms with van der Waals surface area (Å²) in [5.74, 6) is 0.0199. The molecule has 0 aromatic heterocycles. The van der Waals surface area contributed by atoms with Gasteiger partial charge in [-0.3, -0.25) is 9.79 Å². The van der Waals surface area contributed by atoms with Crippen molar-refractivity contribution in [2.45, 2.75) is 18.3 Å². The van der Waals surface area contributed by atoms with Gasteiger partial charge in [0.2, 0.25) is 0 Å². The number of hydrogen-bond donors (Lipinski definition) is 0. The fourth-order valence-corrected chi connectivity index (χ4v) is 3.59. The molecule has 1 fully saturated rings. The lowest BCUT2D eigenvalue weighted by Crippen LogP contribution is -2.14. The van der Waals surface area contributed by atoms with E-state index >= 15 is 0 Å². The summed E-state index contributed by atoms with van der Waals surface area (Å²) >= 11 is 2.28. The summed E-state index contributed by atoms with van der Waals surface area (Å²) in [7, 11) is 1.79. The number of carbonyl (C=O) groups excluding carboxylic acids is 1. The van der Waals surface area contributed by atoms with E-state index in [1.54, 1.807) is 7.05 Å². The Morgan fingerprint density at radius 3 is 2.43 bits per heavy atom. The smallest absolute Gasteiger partial charge is 0.153 e. The van der Waals surface area contributed by atoms with E-state index in [0.29, 0.717) is 0 Å². The van der Waals surface area contributed by atoms with Gasteiger partial charge in [-0.05, 0) is 45.9 Å². The molecule has 0 radical (unpaired) electrons. The summed E-state index contributed by atoms with van der Waals surface area (Å²) in [4.78, 5) is 17.3. The summed E-state index contributed by atoms with van der Waals surface area (Å²) in [6.07, 6.45) is 0.732. The Labute approximate surface area is 138 Å². The average molecular weight is 389 g/mol. The van der Waals surface area contributed by atoms with E-state index in [0.717, 1.165) is 26.8 Å². The van der Waals surface area contributed by atoms with Crippen molar-refractivity contribution in [1.82, 2.24) is 0 Å². The van der Waals surface area contributed by atoms with E-state index in [1.165, 1.54) is 0 Å². The maximum Gasteiger partial charge on any atom is 0.153 e. The third-order valence-electron chi connectivity index (χ3n) is 4.05. The number of Topliss-reactive ketones (excluding diaryl/α,β-unsaturated/α-hetero) is 1. The summed E-state index contributed by atoms with van der Waals surface area (Å²) in [5, 5.41) is 0. The number of halogens is 1. The first-order valence-electron chi connectivity index (χ1n) is 7.00. The second kappa shape index (κ2) is 6.10. The lowest BCUT2D eigenvalue weighted by atomic mass is 9.91. The van der Waals surface area contributed by atoms with Crippen LogP contribution in [0.15, 0.2) is 59.6 Å². The fraction of sp³-hybridized carbons (Fsp3) is 0.222. The molecule has 21 heavy (non-hydrogen) atoms. The molecule has 0 amide bonds. The van der Waals surface area contributed by atoms with Crippen molar-refractivity contribution >= 4 is 34.1 Å². The van der Waals surface area contributed by atoms with Crippen molar-refractivity contribution in [3.05, 3.63) is 69.3 Å². The predicted octanol–water partition coefficient (Wildman–Crippen LogP) is 4.20. The van der Waals surface area contributed by atoms with Crippen LogP contribution in [0.2, 0.25) is 0 Å². The molecule has 1 aliphatic rings. The molecule has 1 saturated carbocycles. The third kappa shape index (κ3) is 2.79. The molecule has 0 spiro atoms. The van der Waals surface area contributed by atoms with Gasteiger partial charge < -0.3 is 0 Å². The summed E-state index contributed by atoms with van der Waals surface area (Å²) in [6.45, 7) is 0. The Morgan fingerprint density at radius 1 is 1.05 bits per heavy atom. The standard InChI is InChI=1S/C18H16INO/c1-20-16-11-15(12-6-3-2-4-7-12)18(21)17(16)13-8-5-9-14(19)10-13/h2-10,15,17H,11H2,1H3. The van der Waals surface area contributed by atoms with Gasteiger partial charge >= 0.3 is 0 Å². The summed E-state index contributed by atoms with van der Waals surface area (Å²) in [5.41, 5.74) is 3.15. The van der Waals surface area contributed by atoms with Crippen LogP contribution >= 0.6 is 22.6 Å². The van der Waals surface area contributed by atoms with Gasteiger partial charge in [-0.1, -0.05) is 42.5 Å². The van der Waals surface area contributed by atoms with Crippen molar-refractivity contribution in [3.8, 4) is 0 Å². The Balaban J connectivity index is 2.00. The molecular weight excluding hydrogens is 373 g/mol. The normalized spacial score (nSPS) is 23.7. The minimum absolute atomic E-state index is 0.0623. The Hall–Kier alpha value is -1.49. The minimum atomic E-state index is -0.185. The first-order chi connectivity index (χ1) is 10.2. The lowest BCUT2D eigenvalue weighted by Gasteiger charge is -2.11. The molecule has 0 heterocycles. The summed E-state index contributed by atoms with van der Waals surface area (Å²) < 4.78 is 1.15. The van der Waals surface area contributed by atoms with E-state index < -0.39 is 0 Å². The molecule has 0 saturated heterocycles. The predicted molar refractivity (Wildman–Crippen MR) is 94.1 cm³/mol. The van der Waals surface area contributed by atoms with Gasteiger partial charge in [0, 0.05) is 28.7 Å². The van der Waals surface area contributed by atoms with Gasteiger partial charge in [-0.15, -0.1) is 0 Å². The second-order valence-corrected chi connectivity index (χ2v) is 6.52. The third-order valence-corrected chi connectivity index (χ3v) is 4.72. The monoisotopic (exact) mass is 389 g/mol. The van der Waals surface area contributed by atoms with Crippen LogP contribution in [0.4, 0.5) is 0 Å². The van der Waals surface area contributed by atoms with Crippen LogP contribution in [0, 0.1) is 3.57 Å². The number of carbonyl (C=O) groups is 1. The van der Waals surface area contributed by atoms with Gasteiger partial charge in [0.25, 0.3) is 0 Å². The first kappa shape index (κ1) is 14.4. The molecule has 0 bridgehead atoms. The van der Waals surface area contributed by atoms with Crippen LogP contribution < -0.4 is 0 Å². The molecule has 1 aliphatic carbocycles. The fourth-order valence-electron chi connectivity index (χ4n) is 3.02. The van der Waals surface area contributed by atoms with Gasteiger partial charge in [-0.25, -0.2) is 0 Å². The van der Waals surface area contributed by atoms with Crippen LogP contribution in [-0.4, -0.2) is 18.5 Å². The molecule has 2 unspecified atom stereocenters. The zero-order valence-corrected chi connectivity index (χ0v) is 13.9. The molecular formula is C18H16INO. The Kier molecular flexibility index (Phi) is 4.19. The first-order valence-corrected chi connectivity index (χ1v) is 8.08. The van der Waals surface area contributed by atoms with Gasteiger partial charge in [0.1, 0.15) is 0 Å². The highest BCUT2D eigenvalue weighted by molar-refractivity contribution is 14.1. The van der Waals surface area contributed by atoms with Gasteiger partial charge in [0.05, 0.1) is 5.92 Å². The van der Waals surface area contributed by atoms with E-state index in [1.807, 2.05) is 48.5 Å². The van der Waals surface area contributed by atoms with E-state index in [9.17, 15) is 4.79 Å². The van der Waals surface area contributed by atoms with Crippen LogP contribution in [0.1, 0.15) is 29.4 Å². The molecule has 2 nitrogen and oxygen atoms in total. The Morgan fingerprint density at radius 2 is 1.76 bits per heavy atom. The zero-order valence-electron chi connectivity index (χ0n) is 11.8. The van der Waals surface area contributed by atoms with Crippen LogP contribution in [0.3, 0.4) is 0 Å². The highest BCUT2D eigenvalue weighted by Gasteiger charge is 2.40. The molecule has 2 atom stereocenters. The molecule has 2 aromatic carbocycles. The molecule has 2 aromatic rings. The molecule has 0 aliphatic heterocycles. The number of benzene rings is 2. The lowest BCUT2D eigenvalue weighted by molar-refractivity contribution is -0.119. The molecule has 3 rings (SSSR count). The van der Waals surface area contributed by atoms with Gasteiger partial charge in [-0.2, -0.15) is 0 Å². The molecule has 0 N–H and O–H groups in total. The topological polar surface area (TPSA) is 29.4 Å². The number of ketones is 1. The van der Waals surface area contributed by atoms with E-state index in [-0.39, 0.29) is 17.6 Å². The largest absolute Gasteiger partial charge is 0.298 e. The minimum Gasteiger partial charge on any atom is -0.298 e. The number of aliphatic imine (C=N–C) groups is 1. The molecule has 106 valence electrons. The maximum absolute atomic E-state index is 12.9. The second-order valence-electron chi connectivity index (χ2n) is 5.27. The quantitative estimate of drug-likeness (QED) is 0.708. The van der Waals surface area contributed by atoms with E-state index in [4.69, 9.17) is 0 Å². The van der Waals surface area contributed by atoms with E-state index in [2.05, 4.69) is 33.6 Å². The SMILES string of the molecule is CN=C1CC(c2ccccc2)C(=O)C1c1cccc(I)c1. The maximum atomic E-state index is 12.9. The van der Waals surface area contributed by atoms with Gasteiger partial charge in [0.15, 0.2) is 5.78 Å². The van der Waals surface area contributed by atoms with Crippen molar-refractivity contribution < 1.29 is 4.79 Å². The highest BCUT2D eigenvalue weighted by atomic mass is 127. The zero-order chi connectivity index (χ0) is 14.8. The van der Waals surface area contributed by atoms with Crippen molar-refractivity contribution in [2.75, 3.05) is 7.05 Å². The highest BCUT2D eigenvalue weighted by Crippen LogP contribution is 2.39. The Bertz CT molecular complexity index is 693. The molecule has 3 heteroatoms. The van der Waals surface area contributed by atoms with Crippen LogP contribution in [-0.2, 0) is 4.79 Å². The number of hydrogen-bond acceptors (Lipinski definition) is 2. The van der Waals surface area contributed by atoms with Crippen molar-refractivity contribution in [1.29, 1.82) is 0 Å². The number of nitrogens with zero attached hydrogens (tertiary/aromatic N) is 1. The van der Waals surface area contributed by atoms with Crippen molar-refractivity contribution in [3.63, 3.8) is 0 Å².